The monoisotopic (exact) mass is 387 g/mol. The third-order valence-corrected chi connectivity index (χ3v) is 5.64. The second kappa shape index (κ2) is 7.55. The van der Waals surface area contributed by atoms with Crippen LogP contribution in [0.25, 0.3) is 11.2 Å². The Kier molecular flexibility index (Phi) is 4.97. The quantitative estimate of drug-likeness (QED) is 0.382. The van der Waals surface area contributed by atoms with Gasteiger partial charge in [0.15, 0.2) is 16.3 Å². The zero-order valence-corrected chi connectivity index (χ0v) is 15.9. The van der Waals surface area contributed by atoms with E-state index in [0.717, 1.165) is 49.2 Å². The Balaban J connectivity index is 1.63. The molecule has 0 spiro atoms. The summed E-state index contributed by atoms with van der Waals surface area (Å²) in [6.45, 7) is 2.48. The molecule has 3 aromatic rings. The zero-order chi connectivity index (χ0) is 18.8. The Morgan fingerprint density at radius 2 is 1.93 bits per heavy atom. The molecule has 0 saturated carbocycles. The molecule has 1 N–H and O–H groups in total. The van der Waals surface area contributed by atoms with Gasteiger partial charge in [-0.2, -0.15) is 4.98 Å². The van der Waals surface area contributed by atoms with Crippen LogP contribution < -0.4 is 16.1 Å². The number of aromatic amines is 1. The fraction of sp³-hybridized carbons (Fsp3) is 0.471. The Morgan fingerprint density at radius 3 is 2.67 bits per heavy atom. The number of fused-ring (bicyclic) bond motifs is 1. The van der Waals surface area contributed by atoms with Gasteiger partial charge in [-0.1, -0.05) is 11.8 Å². The van der Waals surface area contributed by atoms with Crippen LogP contribution in [0.2, 0.25) is 0 Å². The second-order valence-electron chi connectivity index (χ2n) is 6.48. The molecule has 142 valence electrons. The fourth-order valence-electron chi connectivity index (χ4n) is 3.34. The van der Waals surface area contributed by atoms with Crippen molar-refractivity contribution in [2.45, 2.75) is 31.0 Å². The highest BCUT2D eigenvalue weighted by molar-refractivity contribution is 7.99. The molecule has 0 aliphatic carbocycles. The van der Waals surface area contributed by atoms with Crippen molar-refractivity contribution in [3.05, 3.63) is 39.3 Å². The highest BCUT2D eigenvalue weighted by atomic mass is 32.2. The van der Waals surface area contributed by atoms with E-state index in [1.807, 2.05) is 4.57 Å². The first-order chi connectivity index (χ1) is 13.1. The van der Waals surface area contributed by atoms with E-state index in [1.54, 1.807) is 37.3 Å². The van der Waals surface area contributed by atoms with Gasteiger partial charge in [-0.05, 0) is 25.3 Å². The summed E-state index contributed by atoms with van der Waals surface area (Å²) in [6, 6.07) is 1.79. The minimum Gasteiger partial charge on any atom is -0.342 e. The van der Waals surface area contributed by atoms with Crippen molar-refractivity contribution in [3.63, 3.8) is 0 Å². The molecule has 0 bridgehead atoms. The second-order valence-corrected chi connectivity index (χ2v) is 7.54. The van der Waals surface area contributed by atoms with Crippen molar-refractivity contribution in [2.75, 3.05) is 23.7 Å². The van der Waals surface area contributed by atoms with Gasteiger partial charge in [0, 0.05) is 44.8 Å². The lowest BCUT2D eigenvalue weighted by Crippen LogP contribution is -2.29. The van der Waals surface area contributed by atoms with E-state index in [4.69, 9.17) is 0 Å². The number of rotatable bonds is 6. The van der Waals surface area contributed by atoms with Crippen LogP contribution in [-0.4, -0.2) is 47.9 Å². The van der Waals surface area contributed by atoms with Gasteiger partial charge in [0.25, 0.3) is 5.56 Å². The highest BCUT2D eigenvalue weighted by Crippen LogP contribution is 2.24. The lowest BCUT2D eigenvalue weighted by atomic mass is 10.4. The molecule has 0 unspecified atom stereocenters. The number of hydrogen-bond acceptors (Lipinski definition) is 7. The van der Waals surface area contributed by atoms with E-state index in [0.29, 0.717) is 17.7 Å². The van der Waals surface area contributed by atoms with Crippen LogP contribution in [0.5, 0.6) is 0 Å². The molecule has 4 rings (SSSR count). The van der Waals surface area contributed by atoms with Gasteiger partial charge in [0.1, 0.15) is 0 Å². The van der Waals surface area contributed by atoms with Gasteiger partial charge in [0.05, 0.1) is 0 Å². The van der Waals surface area contributed by atoms with Crippen LogP contribution in [0.15, 0.2) is 33.2 Å². The normalized spacial score (nSPS) is 14.3. The van der Waals surface area contributed by atoms with Gasteiger partial charge in [-0.25, -0.2) is 14.8 Å². The summed E-state index contributed by atoms with van der Waals surface area (Å²) in [6.07, 6.45) is 6.51. The number of hydrogen-bond donors (Lipinski definition) is 1. The van der Waals surface area contributed by atoms with Crippen LogP contribution >= 0.6 is 11.8 Å². The van der Waals surface area contributed by atoms with Gasteiger partial charge in [-0.15, -0.1) is 0 Å². The molecule has 4 heterocycles. The maximum Gasteiger partial charge on any atom is 0.329 e. The number of aryl methyl sites for hydroxylation is 2. The first-order valence-corrected chi connectivity index (χ1v) is 9.98. The van der Waals surface area contributed by atoms with E-state index in [1.165, 1.54) is 4.57 Å². The molecular formula is C17H21N7O2S. The van der Waals surface area contributed by atoms with E-state index in [2.05, 4.69) is 24.8 Å². The topological polar surface area (TPSA) is 102 Å². The van der Waals surface area contributed by atoms with Crippen LogP contribution in [0, 0.1) is 0 Å². The van der Waals surface area contributed by atoms with Crippen molar-refractivity contribution in [1.82, 2.24) is 29.1 Å². The first kappa shape index (κ1) is 17.8. The summed E-state index contributed by atoms with van der Waals surface area (Å²) >= 11 is 1.58. The molecule has 1 aliphatic rings. The van der Waals surface area contributed by atoms with E-state index in [9.17, 15) is 9.59 Å². The standard InChI is InChI=1S/C17H21N7O2S/c1-22-13-12(14(25)21-17(22)26)24(16(20-13)23-8-2-3-9-23)10-5-11-27-15-18-6-4-7-19-15/h4,6-7H,2-3,5,8-11H2,1H3,(H,21,25,26). The maximum atomic E-state index is 12.5. The van der Waals surface area contributed by atoms with Crippen LogP contribution in [0.1, 0.15) is 19.3 Å². The molecule has 1 fully saturated rings. The van der Waals surface area contributed by atoms with Crippen molar-refractivity contribution in [1.29, 1.82) is 0 Å². The smallest absolute Gasteiger partial charge is 0.329 e. The molecule has 1 aliphatic heterocycles. The summed E-state index contributed by atoms with van der Waals surface area (Å²) in [4.78, 5) is 42.1. The van der Waals surface area contributed by atoms with E-state index >= 15 is 0 Å². The van der Waals surface area contributed by atoms with Crippen molar-refractivity contribution in [3.8, 4) is 0 Å². The minimum absolute atomic E-state index is 0.384. The minimum atomic E-state index is -0.443. The highest BCUT2D eigenvalue weighted by Gasteiger charge is 2.23. The molecule has 10 heteroatoms. The number of nitrogens with one attached hydrogen (secondary N) is 1. The third-order valence-electron chi connectivity index (χ3n) is 4.68. The average Bonchev–Trinajstić information content (AvgIpc) is 3.32. The number of thioether (sulfide) groups is 1. The molecule has 9 nitrogen and oxygen atoms in total. The summed E-state index contributed by atoms with van der Waals surface area (Å²) in [7, 11) is 1.63. The number of imidazole rings is 1. The molecule has 1 saturated heterocycles. The summed E-state index contributed by atoms with van der Waals surface area (Å²) in [5.41, 5.74) is 0.0663. The summed E-state index contributed by atoms with van der Waals surface area (Å²) in [5, 5.41) is 0.744. The van der Waals surface area contributed by atoms with Gasteiger partial charge < -0.3 is 9.47 Å². The number of anilines is 1. The Hall–Kier alpha value is -2.62. The number of H-pyrrole nitrogens is 1. The SMILES string of the molecule is Cn1c(=O)[nH]c(=O)c2c1nc(N1CCCC1)n2CCCSc1ncccn1. The van der Waals surface area contributed by atoms with Crippen LogP contribution in [0.4, 0.5) is 5.95 Å². The number of aromatic nitrogens is 6. The number of nitrogens with zero attached hydrogens (tertiary/aromatic N) is 6. The fourth-order valence-corrected chi connectivity index (χ4v) is 4.07. The largest absolute Gasteiger partial charge is 0.342 e. The lowest BCUT2D eigenvalue weighted by molar-refractivity contribution is 0.682. The van der Waals surface area contributed by atoms with Crippen LogP contribution in [-0.2, 0) is 13.6 Å². The molecular weight excluding hydrogens is 366 g/mol. The molecule has 0 aromatic carbocycles. The van der Waals surface area contributed by atoms with Gasteiger partial charge in [-0.3, -0.25) is 14.3 Å². The van der Waals surface area contributed by atoms with Gasteiger partial charge >= 0.3 is 5.69 Å². The molecule has 0 amide bonds. The molecule has 0 atom stereocenters. The van der Waals surface area contributed by atoms with Crippen molar-refractivity contribution >= 4 is 28.9 Å². The Bertz CT molecular complexity index is 1050. The summed E-state index contributed by atoms with van der Waals surface area (Å²) < 4.78 is 3.35. The van der Waals surface area contributed by atoms with Crippen molar-refractivity contribution < 1.29 is 0 Å². The third kappa shape index (κ3) is 3.48. The predicted octanol–water partition coefficient (Wildman–Crippen LogP) is 0.996. The zero-order valence-electron chi connectivity index (χ0n) is 15.1. The molecule has 0 radical (unpaired) electrons. The predicted molar refractivity (Wildman–Crippen MR) is 104 cm³/mol. The average molecular weight is 387 g/mol. The Morgan fingerprint density at radius 1 is 1.19 bits per heavy atom. The van der Waals surface area contributed by atoms with Crippen LogP contribution in [0.3, 0.4) is 0 Å². The molecule has 3 aromatic heterocycles. The van der Waals surface area contributed by atoms with E-state index in [-0.39, 0.29) is 5.56 Å². The van der Waals surface area contributed by atoms with Crippen molar-refractivity contribution in [2.24, 2.45) is 7.05 Å². The Labute approximate surface area is 159 Å². The lowest BCUT2D eigenvalue weighted by Gasteiger charge is -2.18. The molecule has 27 heavy (non-hydrogen) atoms. The maximum absolute atomic E-state index is 12.5. The van der Waals surface area contributed by atoms with Gasteiger partial charge in [0.2, 0.25) is 5.95 Å². The summed E-state index contributed by atoms with van der Waals surface area (Å²) in [5.74, 6) is 1.60. The first-order valence-electron chi connectivity index (χ1n) is 8.99. The van der Waals surface area contributed by atoms with E-state index < -0.39 is 5.69 Å².